The normalized spacial score (nSPS) is 12.6. The Balaban J connectivity index is 2.34. The summed E-state index contributed by atoms with van der Waals surface area (Å²) in [5.74, 6) is 0. The molecular formula is C14H16ClN2. The van der Waals surface area contributed by atoms with Crippen molar-refractivity contribution in [1.29, 1.82) is 0 Å². The molecule has 3 heteroatoms. The topological polar surface area (TPSA) is 24.9 Å². The Labute approximate surface area is 107 Å². The molecule has 0 aliphatic rings. The van der Waals surface area contributed by atoms with Crippen LogP contribution in [0.25, 0.3) is 10.9 Å². The number of hydrogen-bond acceptors (Lipinski definition) is 2. The molecule has 1 aromatic heterocycles. The summed E-state index contributed by atoms with van der Waals surface area (Å²) in [7, 11) is 0. The number of hydrogen-bond donors (Lipinski definition) is 1. The Bertz CT molecular complexity index is 511. The van der Waals surface area contributed by atoms with E-state index in [0.717, 1.165) is 28.0 Å². The van der Waals surface area contributed by atoms with Gasteiger partial charge in [-0.15, -0.1) is 0 Å². The Kier molecular flexibility index (Phi) is 3.85. The van der Waals surface area contributed by atoms with Gasteiger partial charge in [-0.05, 0) is 44.0 Å². The number of halogens is 1. The summed E-state index contributed by atoms with van der Waals surface area (Å²) in [6.45, 7) is 4.24. The van der Waals surface area contributed by atoms with Crippen LogP contribution in [-0.2, 0) is 0 Å². The fourth-order valence-corrected chi connectivity index (χ4v) is 2.09. The minimum Gasteiger partial charge on any atom is -0.382 e. The van der Waals surface area contributed by atoms with Crippen LogP contribution >= 0.6 is 11.6 Å². The fourth-order valence-electron chi connectivity index (χ4n) is 1.93. The zero-order valence-corrected chi connectivity index (χ0v) is 10.8. The quantitative estimate of drug-likeness (QED) is 0.871. The Morgan fingerprint density at radius 1 is 1.41 bits per heavy atom. The Hall–Kier alpha value is -1.28. The standard InChI is InChI=1S/C14H16ClN2/c1-3-4-10(2)17-13-7-8-16-14-9-11(15)5-6-12(13)14/h3,5-10H,4H2,1-2H3,(H,16,17). The van der Waals surface area contributed by atoms with E-state index in [9.17, 15) is 0 Å². The van der Waals surface area contributed by atoms with Crippen molar-refractivity contribution in [3.05, 3.63) is 41.9 Å². The fraction of sp³-hybridized carbons (Fsp3) is 0.286. The van der Waals surface area contributed by atoms with Gasteiger partial charge in [0.1, 0.15) is 0 Å². The first-order chi connectivity index (χ1) is 8.20. The van der Waals surface area contributed by atoms with Crippen LogP contribution in [-0.4, -0.2) is 11.0 Å². The van der Waals surface area contributed by atoms with Gasteiger partial charge in [-0.25, -0.2) is 0 Å². The molecule has 0 aliphatic heterocycles. The molecule has 2 aromatic rings. The van der Waals surface area contributed by atoms with Gasteiger partial charge in [0, 0.05) is 28.3 Å². The second-order valence-electron chi connectivity index (χ2n) is 4.21. The second kappa shape index (κ2) is 5.37. The molecule has 2 nitrogen and oxygen atoms in total. The van der Waals surface area contributed by atoms with E-state index in [1.54, 1.807) is 0 Å². The molecule has 0 amide bonds. The van der Waals surface area contributed by atoms with E-state index < -0.39 is 0 Å². The number of aromatic nitrogens is 1. The van der Waals surface area contributed by atoms with Gasteiger partial charge in [0.25, 0.3) is 0 Å². The second-order valence-corrected chi connectivity index (χ2v) is 4.65. The van der Waals surface area contributed by atoms with E-state index in [1.807, 2.05) is 30.5 Å². The van der Waals surface area contributed by atoms with E-state index in [0.29, 0.717) is 6.04 Å². The molecule has 1 unspecified atom stereocenters. The summed E-state index contributed by atoms with van der Waals surface area (Å²) in [5, 5.41) is 5.32. The molecule has 1 N–H and O–H groups in total. The van der Waals surface area contributed by atoms with E-state index in [1.165, 1.54) is 0 Å². The summed E-state index contributed by atoms with van der Waals surface area (Å²) >= 11 is 5.96. The molecule has 0 saturated carbocycles. The highest BCUT2D eigenvalue weighted by Crippen LogP contribution is 2.25. The first-order valence-electron chi connectivity index (χ1n) is 5.79. The molecule has 0 bridgehead atoms. The lowest BCUT2D eigenvalue weighted by atomic mass is 10.1. The molecule has 1 aromatic carbocycles. The van der Waals surface area contributed by atoms with Crippen LogP contribution in [0, 0.1) is 6.42 Å². The zero-order chi connectivity index (χ0) is 12.3. The molecule has 0 spiro atoms. The lowest BCUT2D eigenvalue weighted by Gasteiger charge is -2.15. The SMILES string of the molecule is C[CH]CC(C)Nc1ccnc2cc(Cl)ccc12. The zero-order valence-electron chi connectivity index (χ0n) is 10.1. The summed E-state index contributed by atoms with van der Waals surface area (Å²) in [5.41, 5.74) is 2.04. The number of benzene rings is 1. The molecule has 0 fully saturated rings. The monoisotopic (exact) mass is 247 g/mol. The van der Waals surface area contributed by atoms with Crippen molar-refractivity contribution in [3.8, 4) is 0 Å². The highest BCUT2D eigenvalue weighted by atomic mass is 35.5. The van der Waals surface area contributed by atoms with Gasteiger partial charge < -0.3 is 5.32 Å². The van der Waals surface area contributed by atoms with Crippen LogP contribution < -0.4 is 5.32 Å². The third-order valence-electron chi connectivity index (χ3n) is 2.70. The van der Waals surface area contributed by atoms with Crippen LogP contribution in [0.5, 0.6) is 0 Å². The van der Waals surface area contributed by atoms with E-state index >= 15 is 0 Å². The summed E-state index contributed by atoms with van der Waals surface area (Å²) in [4.78, 5) is 4.32. The number of nitrogens with one attached hydrogen (secondary N) is 1. The van der Waals surface area contributed by atoms with Crippen molar-refractivity contribution < 1.29 is 0 Å². The predicted molar refractivity (Wildman–Crippen MR) is 74.4 cm³/mol. The number of pyridine rings is 1. The maximum atomic E-state index is 5.96. The third kappa shape index (κ3) is 2.89. The largest absolute Gasteiger partial charge is 0.382 e. The van der Waals surface area contributed by atoms with Gasteiger partial charge in [0.2, 0.25) is 0 Å². The summed E-state index contributed by atoms with van der Waals surface area (Å²) in [6, 6.07) is 8.21. The molecule has 89 valence electrons. The number of anilines is 1. The molecule has 0 aliphatic carbocycles. The highest BCUT2D eigenvalue weighted by molar-refractivity contribution is 6.31. The predicted octanol–water partition coefficient (Wildman–Crippen LogP) is 4.30. The van der Waals surface area contributed by atoms with Gasteiger partial charge in [-0.3, -0.25) is 4.98 Å². The first-order valence-corrected chi connectivity index (χ1v) is 6.17. The lowest BCUT2D eigenvalue weighted by Crippen LogP contribution is -2.14. The van der Waals surface area contributed by atoms with Crippen molar-refractivity contribution in [1.82, 2.24) is 4.98 Å². The molecule has 17 heavy (non-hydrogen) atoms. The Morgan fingerprint density at radius 2 is 2.24 bits per heavy atom. The van der Waals surface area contributed by atoms with Crippen molar-refractivity contribution >= 4 is 28.2 Å². The van der Waals surface area contributed by atoms with Gasteiger partial charge in [0.05, 0.1) is 5.52 Å². The minimum atomic E-state index is 0.418. The highest BCUT2D eigenvalue weighted by Gasteiger charge is 2.05. The molecule has 1 atom stereocenters. The molecular weight excluding hydrogens is 232 g/mol. The maximum Gasteiger partial charge on any atom is 0.0737 e. The number of fused-ring (bicyclic) bond motifs is 1. The Morgan fingerprint density at radius 3 is 3.00 bits per heavy atom. The molecule has 1 heterocycles. The number of rotatable bonds is 4. The average Bonchev–Trinajstić information content (AvgIpc) is 2.29. The van der Waals surface area contributed by atoms with Crippen molar-refractivity contribution in [3.63, 3.8) is 0 Å². The van der Waals surface area contributed by atoms with Crippen molar-refractivity contribution in [2.24, 2.45) is 0 Å². The van der Waals surface area contributed by atoms with Crippen LogP contribution in [0.2, 0.25) is 5.02 Å². The average molecular weight is 248 g/mol. The first kappa shape index (κ1) is 12.2. The minimum absolute atomic E-state index is 0.418. The van der Waals surface area contributed by atoms with Gasteiger partial charge in [-0.1, -0.05) is 18.5 Å². The van der Waals surface area contributed by atoms with Crippen LogP contribution in [0.3, 0.4) is 0 Å². The van der Waals surface area contributed by atoms with Crippen LogP contribution in [0.4, 0.5) is 5.69 Å². The number of nitrogens with zero attached hydrogens (tertiary/aromatic N) is 1. The van der Waals surface area contributed by atoms with Crippen molar-refractivity contribution in [2.45, 2.75) is 26.3 Å². The van der Waals surface area contributed by atoms with Crippen LogP contribution in [0.1, 0.15) is 20.3 Å². The van der Waals surface area contributed by atoms with E-state index in [2.05, 4.69) is 30.6 Å². The van der Waals surface area contributed by atoms with Gasteiger partial charge in [0.15, 0.2) is 0 Å². The molecule has 2 rings (SSSR count). The summed E-state index contributed by atoms with van der Waals surface area (Å²) in [6.07, 6.45) is 5.01. The van der Waals surface area contributed by atoms with Gasteiger partial charge >= 0.3 is 0 Å². The summed E-state index contributed by atoms with van der Waals surface area (Å²) < 4.78 is 0. The van der Waals surface area contributed by atoms with Gasteiger partial charge in [-0.2, -0.15) is 0 Å². The third-order valence-corrected chi connectivity index (χ3v) is 2.93. The van der Waals surface area contributed by atoms with Crippen molar-refractivity contribution in [2.75, 3.05) is 5.32 Å². The molecule has 0 saturated heterocycles. The lowest BCUT2D eigenvalue weighted by molar-refractivity contribution is 0.779. The van der Waals surface area contributed by atoms with E-state index in [-0.39, 0.29) is 0 Å². The van der Waals surface area contributed by atoms with Crippen LogP contribution in [0.15, 0.2) is 30.5 Å². The smallest absolute Gasteiger partial charge is 0.0737 e. The maximum absolute atomic E-state index is 5.96. The molecule has 1 radical (unpaired) electrons. The van der Waals surface area contributed by atoms with E-state index in [4.69, 9.17) is 11.6 Å².